The number of thioether (sulfide) groups is 2. The number of nitrogens with zero attached hydrogens (tertiary/aromatic N) is 6. The largest absolute Gasteiger partial charge is 0.343 e. The summed E-state index contributed by atoms with van der Waals surface area (Å²) in [5, 5.41) is 10.0. The summed E-state index contributed by atoms with van der Waals surface area (Å²) in [7, 11) is 0. The van der Waals surface area contributed by atoms with E-state index in [2.05, 4.69) is 26.7 Å². The lowest BCUT2D eigenvalue weighted by atomic mass is 10.4. The van der Waals surface area contributed by atoms with E-state index in [9.17, 15) is 4.79 Å². The van der Waals surface area contributed by atoms with Crippen molar-refractivity contribution in [2.24, 2.45) is 0 Å². The van der Waals surface area contributed by atoms with Crippen LogP contribution in [0.3, 0.4) is 0 Å². The Labute approximate surface area is 169 Å². The fraction of sp³-hybridized carbons (Fsp3) is 0.500. The van der Waals surface area contributed by atoms with Crippen LogP contribution in [0.5, 0.6) is 0 Å². The standard InChI is InChI=1S/C18H26N6OS2/c1-6-9-24-15(11-26-17-19-13(4)10-14(5)20-17)21-22-18(24)27-12-16(25)23(7-2)8-3/h6,10H,1,7-9,11-12H2,2-5H3. The lowest BCUT2D eigenvalue weighted by molar-refractivity contribution is -0.127. The molecule has 2 aromatic rings. The van der Waals surface area contributed by atoms with Gasteiger partial charge in [0.1, 0.15) is 5.82 Å². The quantitative estimate of drug-likeness (QED) is 0.341. The molecule has 0 atom stereocenters. The SMILES string of the molecule is C=CCn1c(CSc2nc(C)cc(C)n2)nnc1SCC(=O)N(CC)CC. The van der Waals surface area contributed by atoms with E-state index in [0.29, 0.717) is 31.1 Å². The van der Waals surface area contributed by atoms with Crippen LogP contribution < -0.4 is 0 Å². The molecule has 0 aromatic carbocycles. The number of hydrogen-bond donors (Lipinski definition) is 0. The molecule has 1 amide bonds. The Morgan fingerprint density at radius 1 is 1.19 bits per heavy atom. The van der Waals surface area contributed by atoms with Gasteiger partial charge in [-0.2, -0.15) is 0 Å². The molecule has 27 heavy (non-hydrogen) atoms. The van der Waals surface area contributed by atoms with Crippen molar-refractivity contribution in [3.05, 3.63) is 35.9 Å². The summed E-state index contributed by atoms with van der Waals surface area (Å²) >= 11 is 2.94. The predicted molar refractivity (Wildman–Crippen MR) is 110 cm³/mol. The van der Waals surface area contributed by atoms with Crippen LogP contribution in [0.4, 0.5) is 0 Å². The summed E-state index contributed by atoms with van der Waals surface area (Å²) in [6.45, 7) is 13.7. The first-order valence-electron chi connectivity index (χ1n) is 8.87. The second-order valence-electron chi connectivity index (χ2n) is 5.87. The van der Waals surface area contributed by atoms with Gasteiger partial charge in [0.15, 0.2) is 10.3 Å². The van der Waals surface area contributed by atoms with Crippen LogP contribution in [0.2, 0.25) is 0 Å². The summed E-state index contributed by atoms with van der Waals surface area (Å²) < 4.78 is 1.99. The Morgan fingerprint density at radius 2 is 1.85 bits per heavy atom. The summed E-state index contributed by atoms with van der Waals surface area (Å²) in [4.78, 5) is 22.9. The summed E-state index contributed by atoms with van der Waals surface area (Å²) in [5.41, 5.74) is 1.90. The Morgan fingerprint density at radius 3 is 2.44 bits per heavy atom. The van der Waals surface area contributed by atoms with Crippen LogP contribution in [0.25, 0.3) is 0 Å². The highest BCUT2D eigenvalue weighted by Crippen LogP contribution is 2.23. The van der Waals surface area contributed by atoms with Crippen LogP contribution in [-0.2, 0) is 17.1 Å². The smallest absolute Gasteiger partial charge is 0.233 e. The van der Waals surface area contributed by atoms with Crippen molar-refractivity contribution in [1.29, 1.82) is 0 Å². The molecule has 0 radical (unpaired) electrons. The van der Waals surface area contributed by atoms with E-state index in [1.165, 1.54) is 23.5 Å². The molecule has 0 aliphatic carbocycles. The third kappa shape index (κ3) is 6.07. The second-order valence-corrected chi connectivity index (χ2v) is 7.76. The number of allylic oxidation sites excluding steroid dienone is 1. The van der Waals surface area contributed by atoms with Crippen LogP contribution in [0.1, 0.15) is 31.1 Å². The molecule has 0 unspecified atom stereocenters. The Bertz CT molecular complexity index is 768. The molecule has 2 aromatic heterocycles. The van der Waals surface area contributed by atoms with Crippen LogP contribution >= 0.6 is 23.5 Å². The molecule has 0 saturated heterocycles. The maximum Gasteiger partial charge on any atom is 0.233 e. The molecule has 2 heterocycles. The topological polar surface area (TPSA) is 76.8 Å². The maximum atomic E-state index is 12.2. The molecule has 0 fully saturated rings. The number of carbonyl (C=O) groups is 1. The highest BCUT2D eigenvalue weighted by molar-refractivity contribution is 7.99. The molecular formula is C18H26N6OS2. The fourth-order valence-electron chi connectivity index (χ4n) is 2.53. The first-order valence-corrected chi connectivity index (χ1v) is 10.8. The van der Waals surface area contributed by atoms with Gasteiger partial charge in [0.25, 0.3) is 0 Å². The molecule has 7 nitrogen and oxygen atoms in total. The molecule has 0 spiro atoms. The molecular weight excluding hydrogens is 380 g/mol. The van der Waals surface area contributed by atoms with E-state index >= 15 is 0 Å². The van der Waals surface area contributed by atoms with Crippen molar-refractivity contribution in [3.8, 4) is 0 Å². The minimum atomic E-state index is 0.109. The van der Waals surface area contributed by atoms with Gasteiger partial charge in [-0.15, -0.1) is 16.8 Å². The maximum absolute atomic E-state index is 12.2. The molecule has 0 aliphatic rings. The van der Waals surface area contributed by atoms with Gasteiger partial charge in [0.05, 0.1) is 11.5 Å². The minimum absolute atomic E-state index is 0.109. The normalized spacial score (nSPS) is 10.8. The second kappa shape index (κ2) is 10.5. The number of amides is 1. The highest BCUT2D eigenvalue weighted by Gasteiger charge is 2.16. The van der Waals surface area contributed by atoms with E-state index < -0.39 is 0 Å². The molecule has 0 N–H and O–H groups in total. The van der Waals surface area contributed by atoms with E-state index in [4.69, 9.17) is 0 Å². The van der Waals surface area contributed by atoms with E-state index in [0.717, 1.165) is 27.5 Å². The summed E-state index contributed by atoms with van der Waals surface area (Å²) in [5.74, 6) is 1.89. The van der Waals surface area contributed by atoms with E-state index in [1.54, 1.807) is 6.08 Å². The van der Waals surface area contributed by atoms with Gasteiger partial charge in [0.2, 0.25) is 5.91 Å². The minimum Gasteiger partial charge on any atom is -0.343 e. The molecule has 2 rings (SSSR count). The van der Waals surface area contributed by atoms with Gasteiger partial charge in [-0.3, -0.25) is 4.79 Å². The van der Waals surface area contributed by atoms with Gasteiger partial charge in [-0.1, -0.05) is 29.6 Å². The Balaban J connectivity index is 2.07. The van der Waals surface area contributed by atoms with Crippen molar-refractivity contribution >= 4 is 29.4 Å². The van der Waals surface area contributed by atoms with Gasteiger partial charge in [-0.05, 0) is 33.8 Å². The molecule has 0 saturated carbocycles. The fourth-order valence-corrected chi connectivity index (χ4v) is 4.28. The average Bonchev–Trinajstić information content (AvgIpc) is 3.00. The Kier molecular flexibility index (Phi) is 8.30. The van der Waals surface area contributed by atoms with Crippen molar-refractivity contribution in [3.63, 3.8) is 0 Å². The summed E-state index contributed by atoms with van der Waals surface area (Å²) in [6.07, 6.45) is 1.81. The number of carbonyl (C=O) groups excluding carboxylic acids is 1. The van der Waals surface area contributed by atoms with Gasteiger partial charge in [0, 0.05) is 31.0 Å². The lowest BCUT2D eigenvalue weighted by Gasteiger charge is -2.18. The average molecular weight is 407 g/mol. The van der Waals surface area contributed by atoms with E-state index in [-0.39, 0.29) is 5.91 Å². The number of aryl methyl sites for hydroxylation is 2. The predicted octanol–water partition coefficient (Wildman–Crippen LogP) is 3.12. The van der Waals surface area contributed by atoms with Crippen molar-refractivity contribution in [1.82, 2.24) is 29.6 Å². The third-order valence-electron chi connectivity index (χ3n) is 3.84. The van der Waals surface area contributed by atoms with Gasteiger partial charge >= 0.3 is 0 Å². The molecule has 0 aliphatic heterocycles. The monoisotopic (exact) mass is 406 g/mol. The highest BCUT2D eigenvalue weighted by atomic mass is 32.2. The Hall–Kier alpha value is -1.87. The van der Waals surface area contributed by atoms with Crippen LogP contribution in [0.15, 0.2) is 29.0 Å². The van der Waals surface area contributed by atoms with Gasteiger partial charge < -0.3 is 9.47 Å². The molecule has 9 heteroatoms. The zero-order valence-electron chi connectivity index (χ0n) is 16.3. The van der Waals surface area contributed by atoms with Crippen molar-refractivity contribution < 1.29 is 4.79 Å². The van der Waals surface area contributed by atoms with Crippen molar-refractivity contribution in [2.45, 2.75) is 50.3 Å². The third-order valence-corrected chi connectivity index (χ3v) is 5.63. The number of hydrogen-bond acceptors (Lipinski definition) is 7. The first kappa shape index (κ1) is 21.4. The van der Waals surface area contributed by atoms with E-state index in [1.807, 2.05) is 43.2 Å². The first-order chi connectivity index (χ1) is 13.0. The van der Waals surface area contributed by atoms with Crippen molar-refractivity contribution in [2.75, 3.05) is 18.8 Å². The molecule has 0 bridgehead atoms. The van der Waals surface area contributed by atoms with Crippen LogP contribution in [-0.4, -0.2) is 54.4 Å². The zero-order valence-corrected chi connectivity index (χ0v) is 17.9. The zero-order chi connectivity index (χ0) is 19.8. The number of aromatic nitrogens is 5. The number of rotatable bonds is 10. The molecule has 146 valence electrons. The van der Waals surface area contributed by atoms with Gasteiger partial charge in [-0.25, -0.2) is 9.97 Å². The lowest BCUT2D eigenvalue weighted by Crippen LogP contribution is -2.31. The summed E-state index contributed by atoms with van der Waals surface area (Å²) in [6, 6.07) is 1.95. The van der Waals surface area contributed by atoms with Crippen LogP contribution in [0, 0.1) is 13.8 Å².